The van der Waals surface area contributed by atoms with Gasteiger partial charge < -0.3 is 15.6 Å². The van der Waals surface area contributed by atoms with Gasteiger partial charge in [0.25, 0.3) is 0 Å². The highest BCUT2D eigenvalue weighted by Crippen LogP contribution is 2.17. The van der Waals surface area contributed by atoms with Crippen molar-refractivity contribution in [2.24, 2.45) is 5.73 Å². The quantitative estimate of drug-likeness (QED) is 0.635. The molecule has 0 bridgehead atoms. The smallest absolute Gasteiger partial charge is 0.330 e. The van der Waals surface area contributed by atoms with Crippen LogP contribution in [0.15, 0.2) is 24.3 Å². The van der Waals surface area contributed by atoms with E-state index >= 15 is 0 Å². The summed E-state index contributed by atoms with van der Waals surface area (Å²) in [5.74, 6) is -0.162. The van der Waals surface area contributed by atoms with Crippen molar-refractivity contribution < 1.29 is 14.6 Å². The number of unbranched alkanes of at least 4 members (excludes halogenated alkanes) is 1. The van der Waals surface area contributed by atoms with Gasteiger partial charge in [0.1, 0.15) is 5.75 Å². The molecule has 23 heavy (non-hydrogen) atoms. The Kier molecular flexibility index (Phi) is 6.30. The first-order valence-corrected chi connectivity index (χ1v) is 8.16. The molecule has 0 aliphatic rings. The molecular weight excluding hydrogens is 316 g/mol. The molecule has 1 amide bonds. The standard InChI is InChI=1S/C15H20N4O3S/c1-2-3-8-22-14-18-15(23-19-14)17-13(21)12(16)9-10-4-6-11(20)7-5-10/h4-7,12,20H,2-3,8-9,16H2,1H3,(H,17,18,19,21)/t12-/m0/s1. The van der Waals surface area contributed by atoms with Gasteiger partial charge in [0.2, 0.25) is 11.0 Å². The van der Waals surface area contributed by atoms with Crippen LogP contribution in [0, 0.1) is 0 Å². The molecule has 0 radical (unpaired) electrons. The van der Waals surface area contributed by atoms with Crippen molar-refractivity contribution in [3.63, 3.8) is 0 Å². The van der Waals surface area contributed by atoms with Gasteiger partial charge in [-0.15, -0.1) is 4.37 Å². The number of hydrogen-bond acceptors (Lipinski definition) is 7. The minimum atomic E-state index is -0.715. The average molecular weight is 336 g/mol. The van der Waals surface area contributed by atoms with Crippen LogP contribution in [-0.2, 0) is 11.2 Å². The summed E-state index contributed by atoms with van der Waals surface area (Å²) in [5, 5.41) is 12.2. The average Bonchev–Trinajstić information content (AvgIpc) is 2.97. The number of nitrogens with two attached hydrogens (primary N) is 1. The molecule has 7 nitrogen and oxygen atoms in total. The van der Waals surface area contributed by atoms with Crippen molar-refractivity contribution in [1.82, 2.24) is 9.36 Å². The number of phenolic OH excluding ortho intramolecular Hbond substituents is 1. The van der Waals surface area contributed by atoms with Gasteiger partial charge in [0.05, 0.1) is 12.6 Å². The Morgan fingerprint density at radius 3 is 2.87 bits per heavy atom. The van der Waals surface area contributed by atoms with Crippen LogP contribution >= 0.6 is 11.5 Å². The van der Waals surface area contributed by atoms with E-state index in [2.05, 4.69) is 21.6 Å². The molecule has 0 aliphatic carbocycles. The third-order valence-corrected chi connectivity index (χ3v) is 3.71. The van der Waals surface area contributed by atoms with E-state index in [1.807, 2.05) is 0 Å². The van der Waals surface area contributed by atoms with E-state index in [1.165, 1.54) is 0 Å². The number of ether oxygens (including phenoxy) is 1. The van der Waals surface area contributed by atoms with Gasteiger partial charge in [-0.05, 0) is 30.5 Å². The molecular formula is C15H20N4O3S. The van der Waals surface area contributed by atoms with E-state index in [9.17, 15) is 9.90 Å². The number of carbonyl (C=O) groups excluding carboxylic acids is 1. The molecule has 0 unspecified atom stereocenters. The lowest BCUT2D eigenvalue weighted by Gasteiger charge is -2.10. The van der Waals surface area contributed by atoms with E-state index in [-0.39, 0.29) is 17.7 Å². The summed E-state index contributed by atoms with van der Waals surface area (Å²) in [7, 11) is 0. The summed E-state index contributed by atoms with van der Waals surface area (Å²) in [4.78, 5) is 16.2. The van der Waals surface area contributed by atoms with Crippen molar-refractivity contribution in [3.05, 3.63) is 29.8 Å². The Morgan fingerprint density at radius 1 is 1.43 bits per heavy atom. The van der Waals surface area contributed by atoms with Crippen LogP contribution in [0.1, 0.15) is 25.3 Å². The second-order valence-electron chi connectivity index (χ2n) is 5.05. The van der Waals surface area contributed by atoms with Crippen LogP contribution in [0.5, 0.6) is 11.8 Å². The van der Waals surface area contributed by atoms with Crippen LogP contribution in [0.4, 0.5) is 5.13 Å². The first kappa shape index (κ1) is 17.2. The number of phenols is 1. The Bertz CT molecular complexity index is 630. The van der Waals surface area contributed by atoms with Gasteiger partial charge in [-0.25, -0.2) is 0 Å². The number of amides is 1. The normalized spacial score (nSPS) is 11.9. The van der Waals surface area contributed by atoms with E-state index in [0.717, 1.165) is 29.9 Å². The molecule has 8 heteroatoms. The lowest BCUT2D eigenvalue weighted by molar-refractivity contribution is -0.117. The zero-order chi connectivity index (χ0) is 16.7. The number of nitrogens with zero attached hydrogens (tertiary/aromatic N) is 2. The van der Waals surface area contributed by atoms with Gasteiger partial charge in [0.15, 0.2) is 0 Å². The van der Waals surface area contributed by atoms with Crippen molar-refractivity contribution >= 4 is 22.6 Å². The molecule has 4 N–H and O–H groups in total. The lowest BCUT2D eigenvalue weighted by atomic mass is 10.1. The third kappa shape index (κ3) is 5.50. The first-order valence-electron chi connectivity index (χ1n) is 7.39. The third-order valence-electron chi connectivity index (χ3n) is 3.10. The highest BCUT2D eigenvalue weighted by molar-refractivity contribution is 7.10. The molecule has 2 rings (SSSR count). The Labute approximate surface area is 138 Å². The maximum absolute atomic E-state index is 12.1. The predicted octanol–water partition coefficient (Wildman–Crippen LogP) is 1.93. The second-order valence-corrected chi connectivity index (χ2v) is 5.80. The van der Waals surface area contributed by atoms with Gasteiger partial charge in [0, 0.05) is 11.5 Å². The molecule has 0 saturated heterocycles. The summed E-state index contributed by atoms with van der Waals surface area (Å²) in [6, 6.07) is 6.13. The largest absolute Gasteiger partial charge is 0.508 e. The minimum absolute atomic E-state index is 0.177. The minimum Gasteiger partial charge on any atom is -0.508 e. The van der Waals surface area contributed by atoms with Crippen LogP contribution in [-0.4, -0.2) is 33.0 Å². The maximum Gasteiger partial charge on any atom is 0.330 e. The highest BCUT2D eigenvalue weighted by Gasteiger charge is 2.16. The Hall–Kier alpha value is -2.19. The van der Waals surface area contributed by atoms with E-state index in [0.29, 0.717) is 18.2 Å². The molecule has 0 saturated carbocycles. The molecule has 1 aromatic heterocycles. The predicted molar refractivity (Wildman–Crippen MR) is 88.7 cm³/mol. The molecule has 1 heterocycles. The number of carbonyl (C=O) groups is 1. The van der Waals surface area contributed by atoms with Gasteiger partial charge in [-0.2, -0.15) is 4.98 Å². The summed E-state index contributed by atoms with van der Waals surface area (Å²) >= 11 is 1.05. The topological polar surface area (TPSA) is 110 Å². The van der Waals surface area contributed by atoms with E-state index in [4.69, 9.17) is 10.5 Å². The number of rotatable bonds is 8. The van der Waals surface area contributed by atoms with Crippen molar-refractivity contribution in [2.45, 2.75) is 32.2 Å². The molecule has 124 valence electrons. The summed E-state index contributed by atoms with van der Waals surface area (Å²) in [6.07, 6.45) is 2.32. The number of nitrogens with one attached hydrogen (secondary N) is 1. The fraction of sp³-hybridized carbons (Fsp3) is 0.400. The zero-order valence-corrected chi connectivity index (χ0v) is 13.7. The van der Waals surface area contributed by atoms with E-state index in [1.54, 1.807) is 24.3 Å². The number of aromatic hydroxyl groups is 1. The summed E-state index contributed by atoms with van der Waals surface area (Å²) < 4.78 is 9.38. The molecule has 0 spiro atoms. The number of aromatic nitrogens is 2. The van der Waals surface area contributed by atoms with Crippen LogP contribution in [0.2, 0.25) is 0 Å². The fourth-order valence-electron chi connectivity index (χ4n) is 1.80. The van der Waals surface area contributed by atoms with Crippen molar-refractivity contribution in [3.8, 4) is 11.8 Å². The van der Waals surface area contributed by atoms with Gasteiger partial charge in [-0.3, -0.25) is 10.1 Å². The highest BCUT2D eigenvalue weighted by atomic mass is 32.1. The number of anilines is 1. The molecule has 2 aromatic rings. The van der Waals surface area contributed by atoms with Crippen LogP contribution in [0.3, 0.4) is 0 Å². The first-order chi connectivity index (χ1) is 11.1. The monoisotopic (exact) mass is 336 g/mol. The number of hydrogen-bond donors (Lipinski definition) is 3. The fourth-order valence-corrected chi connectivity index (χ4v) is 2.33. The molecule has 1 atom stereocenters. The van der Waals surface area contributed by atoms with Crippen molar-refractivity contribution in [2.75, 3.05) is 11.9 Å². The molecule has 0 fully saturated rings. The molecule has 1 aromatic carbocycles. The zero-order valence-electron chi connectivity index (χ0n) is 12.9. The second kappa shape index (κ2) is 8.44. The number of benzene rings is 1. The summed E-state index contributed by atoms with van der Waals surface area (Å²) in [5.41, 5.74) is 6.76. The van der Waals surface area contributed by atoms with E-state index < -0.39 is 6.04 Å². The summed E-state index contributed by atoms with van der Waals surface area (Å²) in [6.45, 7) is 2.62. The van der Waals surface area contributed by atoms with Crippen LogP contribution in [0.25, 0.3) is 0 Å². The Morgan fingerprint density at radius 2 is 2.17 bits per heavy atom. The van der Waals surface area contributed by atoms with Crippen LogP contribution < -0.4 is 15.8 Å². The molecule has 0 aliphatic heterocycles. The SMILES string of the molecule is CCCCOc1nsc(NC(=O)[C@@H](N)Cc2ccc(O)cc2)n1. The van der Waals surface area contributed by atoms with Gasteiger partial charge in [-0.1, -0.05) is 25.5 Å². The Balaban J connectivity index is 1.84. The van der Waals surface area contributed by atoms with Crippen molar-refractivity contribution in [1.29, 1.82) is 0 Å². The lowest BCUT2D eigenvalue weighted by Crippen LogP contribution is -2.37. The maximum atomic E-state index is 12.1. The van der Waals surface area contributed by atoms with Gasteiger partial charge >= 0.3 is 6.01 Å².